The number of ether oxygens (including phenoxy) is 5. The largest absolute Gasteiger partial charge is 0.497 e. The van der Waals surface area contributed by atoms with Crippen LogP contribution in [-0.2, 0) is 30.3 Å². The molecule has 1 saturated carbocycles. The van der Waals surface area contributed by atoms with Gasteiger partial charge in [0.15, 0.2) is 0 Å². The van der Waals surface area contributed by atoms with Crippen LogP contribution in [0.2, 0.25) is 25.7 Å². The second-order valence-corrected chi connectivity index (χ2v) is 22.5. The zero-order valence-electron chi connectivity index (χ0n) is 34.3. The lowest BCUT2D eigenvalue weighted by Gasteiger charge is -2.52. The molecule has 0 amide bonds. The van der Waals surface area contributed by atoms with Crippen molar-refractivity contribution in [3.8, 4) is 5.75 Å². The molecule has 0 saturated heterocycles. The Hall–Kier alpha value is -2.53. The van der Waals surface area contributed by atoms with Crippen molar-refractivity contribution in [2.24, 2.45) is 35.0 Å². The minimum atomic E-state index is -1.38. The van der Waals surface area contributed by atoms with Crippen LogP contribution in [0.25, 0.3) is 0 Å². The normalized spacial score (nSPS) is 27.0. The summed E-state index contributed by atoms with van der Waals surface area (Å²) in [6.45, 7) is 18.5. The van der Waals surface area contributed by atoms with Gasteiger partial charge in [-0.3, -0.25) is 4.79 Å². The van der Waals surface area contributed by atoms with Gasteiger partial charge in [0.05, 0.1) is 50.7 Å². The van der Waals surface area contributed by atoms with E-state index >= 15 is 0 Å². The number of methoxy groups -OCH3 is 2. The van der Waals surface area contributed by atoms with Gasteiger partial charge in [-0.1, -0.05) is 87.7 Å². The van der Waals surface area contributed by atoms with E-state index < -0.39 is 19.6 Å². The number of benzene rings is 1. The standard InChI is InChI=1S/C44H70O8Si/c1-31-19-24-40-38(41(31)46)27-33(3)39(44(40,5)43(47)51-25-26-53(8,9)10)18-14-11-15-32(2)42(52-30-48-6)36(17-13-12-16-34(4)45)29-50-28-35-20-22-37(49-7)23-21-35/h11,14-15,17-18,20-23,27,31-32,34,38-42,45-46H,12-13,16,19,24-26,28-30H2,1-10H3/b15-11+,18-14+,36-17+/t31-,32-,34+,38+,39-,40-,41+,42+,44-/m0/s1. The maximum atomic E-state index is 14.1. The summed E-state index contributed by atoms with van der Waals surface area (Å²) in [5, 5.41) is 21.1. The van der Waals surface area contributed by atoms with Crippen LogP contribution in [0.1, 0.15) is 72.3 Å². The number of carbonyl (C=O) groups excluding carboxylic acids is 1. The highest BCUT2D eigenvalue weighted by Crippen LogP contribution is 2.55. The van der Waals surface area contributed by atoms with Crippen LogP contribution in [0.15, 0.2) is 71.9 Å². The Balaban J connectivity index is 1.84. The minimum absolute atomic E-state index is 0.000547. The average molecular weight is 755 g/mol. The summed E-state index contributed by atoms with van der Waals surface area (Å²) >= 11 is 0. The van der Waals surface area contributed by atoms with Crippen molar-refractivity contribution in [3.05, 3.63) is 77.4 Å². The molecule has 2 aliphatic rings. The molecule has 1 aromatic rings. The molecule has 0 unspecified atom stereocenters. The van der Waals surface area contributed by atoms with Crippen LogP contribution in [0.4, 0.5) is 0 Å². The zero-order valence-corrected chi connectivity index (χ0v) is 35.3. The summed E-state index contributed by atoms with van der Waals surface area (Å²) in [5.41, 5.74) is 2.39. The number of allylic oxidation sites excluding steroid dienone is 5. The average Bonchev–Trinajstić information content (AvgIpc) is 3.10. The zero-order chi connectivity index (χ0) is 39.2. The molecule has 1 fully saturated rings. The van der Waals surface area contributed by atoms with E-state index in [1.165, 1.54) is 0 Å². The van der Waals surface area contributed by atoms with E-state index in [0.29, 0.717) is 19.8 Å². The Kier molecular flexibility index (Phi) is 18.2. The van der Waals surface area contributed by atoms with Gasteiger partial charge in [0.1, 0.15) is 12.5 Å². The SMILES string of the molecule is COCO[C@@H](/C(=C/CCC[C@@H](C)O)COCc1ccc(OC)cc1)[C@@H](C)/C=C/C=C/[C@H]1C(C)=C[C@H]2[C@H](O)[C@@H](C)CC[C@@H]2[C@@]1(C)C(=O)OCC[Si](C)(C)C. The molecule has 9 atom stereocenters. The molecule has 53 heavy (non-hydrogen) atoms. The lowest BCUT2D eigenvalue weighted by molar-refractivity contribution is -0.166. The number of hydrogen-bond donors (Lipinski definition) is 2. The van der Waals surface area contributed by atoms with Gasteiger partial charge in [0.2, 0.25) is 0 Å². The van der Waals surface area contributed by atoms with E-state index in [1.807, 2.05) is 43.3 Å². The maximum absolute atomic E-state index is 14.1. The third-order valence-electron chi connectivity index (χ3n) is 11.2. The fourth-order valence-electron chi connectivity index (χ4n) is 7.90. The highest BCUT2D eigenvalue weighted by Gasteiger charge is 2.56. The Bertz CT molecular complexity index is 1380. The quantitative estimate of drug-likeness (QED) is 0.0321. The first kappa shape index (κ1) is 44.9. The lowest BCUT2D eigenvalue weighted by atomic mass is 9.52. The smallest absolute Gasteiger partial charge is 0.313 e. The van der Waals surface area contributed by atoms with Gasteiger partial charge in [0, 0.05) is 32.9 Å². The first-order valence-electron chi connectivity index (χ1n) is 19.7. The van der Waals surface area contributed by atoms with E-state index in [2.05, 4.69) is 71.6 Å². The Morgan fingerprint density at radius 3 is 2.45 bits per heavy atom. The van der Waals surface area contributed by atoms with Crippen LogP contribution in [0, 0.1) is 35.0 Å². The first-order valence-corrected chi connectivity index (χ1v) is 23.4. The van der Waals surface area contributed by atoms with Crippen molar-refractivity contribution in [1.29, 1.82) is 0 Å². The van der Waals surface area contributed by atoms with Gasteiger partial charge >= 0.3 is 5.97 Å². The molecular weight excluding hydrogens is 685 g/mol. The molecule has 298 valence electrons. The molecule has 0 aromatic heterocycles. The third-order valence-corrected chi connectivity index (χ3v) is 12.9. The predicted molar refractivity (Wildman–Crippen MR) is 216 cm³/mol. The molecule has 0 heterocycles. The lowest BCUT2D eigenvalue weighted by Crippen LogP contribution is -2.54. The minimum Gasteiger partial charge on any atom is -0.497 e. The molecule has 2 N–H and O–H groups in total. The topological polar surface area (TPSA) is 104 Å². The van der Waals surface area contributed by atoms with Crippen molar-refractivity contribution in [1.82, 2.24) is 0 Å². The monoisotopic (exact) mass is 754 g/mol. The summed E-state index contributed by atoms with van der Waals surface area (Å²) in [6.07, 6.45) is 15.8. The summed E-state index contributed by atoms with van der Waals surface area (Å²) in [7, 11) is 1.89. The van der Waals surface area contributed by atoms with Crippen molar-refractivity contribution in [2.45, 2.75) is 117 Å². The van der Waals surface area contributed by atoms with Gasteiger partial charge in [-0.2, -0.15) is 0 Å². The van der Waals surface area contributed by atoms with E-state index in [1.54, 1.807) is 14.2 Å². The highest BCUT2D eigenvalue weighted by molar-refractivity contribution is 6.76. The molecule has 2 aliphatic carbocycles. The van der Waals surface area contributed by atoms with Crippen LogP contribution in [-0.4, -0.2) is 76.8 Å². The third kappa shape index (κ3) is 13.3. The van der Waals surface area contributed by atoms with Crippen LogP contribution >= 0.6 is 0 Å². The predicted octanol–water partition coefficient (Wildman–Crippen LogP) is 8.91. The molecular formula is C44H70O8Si. The second kappa shape index (κ2) is 21.5. The van der Waals surface area contributed by atoms with Crippen molar-refractivity contribution in [2.75, 3.05) is 34.2 Å². The number of esters is 1. The van der Waals surface area contributed by atoms with Crippen LogP contribution in [0.3, 0.4) is 0 Å². The van der Waals surface area contributed by atoms with Crippen LogP contribution in [0.5, 0.6) is 5.75 Å². The maximum Gasteiger partial charge on any atom is 0.313 e. The Morgan fingerprint density at radius 1 is 1.09 bits per heavy atom. The fourth-order valence-corrected chi connectivity index (χ4v) is 8.62. The van der Waals surface area contributed by atoms with Gasteiger partial charge in [0.25, 0.3) is 0 Å². The fraction of sp³-hybridized carbons (Fsp3) is 0.659. The van der Waals surface area contributed by atoms with Crippen molar-refractivity contribution in [3.63, 3.8) is 0 Å². The Morgan fingerprint density at radius 2 is 1.81 bits per heavy atom. The first-order chi connectivity index (χ1) is 25.1. The van der Waals surface area contributed by atoms with E-state index in [4.69, 9.17) is 23.7 Å². The van der Waals surface area contributed by atoms with E-state index in [-0.39, 0.29) is 54.6 Å². The number of unbranched alkanes of at least 4 members (excludes halogenated alkanes) is 1. The van der Waals surface area contributed by atoms with Gasteiger partial charge < -0.3 is 33.9 Å². The number of aliphatic hydroxyl groups excluding tert-OH is 2. The molecule has 0 spiro atoms. The number of rotatable bonds is 21. The molecule has 0 aliphatic heterocycles. The van der Waals surface area contributed by atoms with Crippen LogP contribution < -0.4 is 4.74 Å². The molecule has 8 nitrogen and oxygen atoms in total. The molecule has 3 rings (SSSR count). The summed E-state index contributed by atoms with van der Waals surface area (Å²) in [6, 6.07) is 8.78. The number of hydrogen-bond acceptors (Lipinski definition) is 8. The van der Waals surface area contributed by atoms with Gasteiger partial charge in [-0.25, -0.2) is 0 Å². The van der Waals surface area contributed by atoms with E-state index in [9.17, 15) is 15.0 Å². The summed E-state index contributed by atoms with van der Waals surface area (Å²) in [4.78, 5) is 14.1. The summed E-state index contributed by atoms with van der Waals surface area (Å²) < 4.78 is 29.2. The number of carbonyl (C=O) groups is 1. The molecule has 9 heteroatoms. The summed E-state index contributed by atoms with van der Waals surface area (Å²) in [5.74, 6) is 0.605. The Labute approximate surface area is 321 Å². The van der Waals surface area contributed by atoms with Gasteiger partial charge in [-0.05, 0) is 94.0 Å². The molecule has 1 aromatic carbocycles. The van der Waals surface area contributed by atoms with Crippen molar-refractivity contribution >= 4 is 14.0 Å². The number of aliphatic hydroxyl groups is 2. The highest BCUT2D eigenvalue weighted by atomic mass is 28.3. The number of fused-ring (bicyclic) bond motifs is 1. The van der Waals surface area contributed by atoms with Crippen molar-refractivity contribution < 1.29 is 38.7 Å². The van der Waals surface area contributed by atoms with Gasteiger partial charge in [-0.15, -0.1) is 0 Å². The van der Waals surface area contributed by atoms with E-state index in [0.717, 1.165) is 60.6 Å². The molecule has 0 bridgehead atoms. The second-order valence-electron chi connectivity index (χ2n) is 16.9. The molecule has 0 radical (unpaired) electrons.